The third kappa shape index (κ3) is 5.30. The Hall–Kier alpha value is -2.40. The molecule has 2 amide bonds. The van der Waals surface area contributed by atoms with Crippen molar-refractivity contribution in [1.82, 2.24) is 10.6 Å². The largest absolute Gasteiger partial charge is 0.355 e. The van der Waals surface area contributed by atoms with Crippen molar-refractivity contribution in [3.63, 3.8) is 0 Å². The Kier molecular flexibility index (Phi) is 6.75. The maximum absolute atomic E-state index is 13.6. The van der Waals surface area contributed by atoms with Crippen molar-refractivity contribution >= 4 is 23.4 Å². The van der Waals surface area contributed by atoms with Crippen molar-refractivity contribution < 1.29 is 14.0 Å². The van der Waals surface area contributed by atoms with Gasteiger partial charge in [-0.05, 0) is 44.0 Å². The molecule has 0 radical (unpaired) electrons. The first-order valence-corrected chi connectivity index (χ1v) is 8.73. The summed E-state index contributed by atoms with van der Waals surface area (Å²) < 4.78 is 13.6. The topological polar surface area (TPSA) is 58.2 Å². The molecule has 2 rings (SSSR count). The second-order valence-electron chi connectivity index (χ2n) is 6.53. The summed E-state index contributed by atoms with van der Waals surface area (Å²) in [6, 6.07) is 13.6. The molecule has 0 unspecified atom stereocenters. The summed E-state index contributed by atoms with van der Waals surface area (Å²) in [6.45, 7) is 3.50. The summed E-state index contributed by atoms with van der Waals surface area (Å²) in [7, 11) is 0. The molecular formula is C20H22ClFN2O2. The quantitative estimate of drug-likeness (QED) is 0.727. The van der Waals surface area contributed by atoms with E-state index in [-0.39, 0.29) is 12.5 Å². The summed E-state index contributed by atoms with van der Waals surface area (Å²) in [5.74, 6) is -1.23. The van der Waals surface area contributed by atoms with Crippen LogP contribution in [0.4, 0.5) is 4.39 Å². The SMILES string of the molecule is CC(C)(C(=O)NCCc1cccc(Cl)c1)C(=O)NCc1ccccc1F. The Labute approximate surface area is 157 Å². The minimum atomic E-state index is -1.26. The Morgan fingerprint density at radius 2 is 1.73 bits per heavy atom. The molecule has 4 nitrogen and oxygen atoms in total. The fraction of sp³-hybridized carbons (Fsp3) is 0.300. The molecule has 138 valence electrons. The highest BCUT2D eigenvalue weighted by atomic mass is 35.5. The van der Waals surface area contributed by atoms with Crippen molar-refractivity contribution in [3.8, 4) is 0 Å². The van der Waals surface area contributed by atoms with Gasteiger partial charge >= 0.3 is 0 Å². The minimum Gasteiger partial charge on any atom is -0.355 e. The Balaban J connectivity index is 1.85. The van der Waals surface area contributed by atoms with Gasteiger partial charge < -0.3 is 10.6 Å². The first-order valence-electron chi connectivity index (χ1n) is 8.35. The van der Waals surface area contributed by atoms with Gasteiger partial charge in [0.05, 0.1) is 0 Å². The highest BCUT2D eigenvalue weighted by Gasteiger charge is 2.35. The zero-order valence-corrected chi connectivity index (χ0v) is 15.6. The molecule has 0 aliphatic carbocycles. The number of rotatable bonds is 7. The molecule has 6 heteroatoms. The summed E-state index contributed by atoms with van der Waals surface area (Å²) in [6.07, 6.45) is 0.610. The Morgan fingerprint density at radius 1 is 1.04 bits per heavy atom. The number of nitrogens with one attached hydrogen (secondary N) is 2. The van der Waals surface area contributed by atoms with Gasteiger partial charge in [-0.15, -0.1) is 0 Å². The average Bonchev–Trinajstić information content (AvgIpc) is 2.60. The van der Waals surface area contributed by atoms with E-state index in [1.807, 2.05) is 18.2 Å². The Morgan fingerprint density at radius 3 is 2.42 bits per heavy atom. The summed E-state index contributed by atoms with van der Waals surface area (Å²) >= 11 is 5.93. The van der Waals surface area contributed by atoms with Gasteiger partial charge in [-0.2, -0.15) is 0 Å². The van der Waals surface area contributed by atoms with E-state index in [0.717, 1.165) is 5.56 Å². The molecule has 2 N–H and O–H groups in total. The lowest BCUT2D eigenvalue weighted by Gasteiger charge is -2.23. The molecule has 26 heavy (non-hydrogen) atoms. The summed E-state index contributed by atoms with van der Waals surface area (Å²) in [4.78, 5) is 24.7. The fourth-order valence-electron chi connectivity index (χ4n) is 2.38. The van der Waals surface area contributed by atoms with Gasteiger partial charge in [0.15, 0.2) is 0 Å². The van der Waals surface area contributed by atoms with Crippen molar-refractivity contribution in [1.29, 1.82) is 0 Å². The van der Waals surface area contributed by atoms with Crippen LogP contribution in [-0.4, -0.2) is 18.4 Å². The van der Waals surface area contributed by atoms with E-state index < -0.39 is 17.1 Å². The van der Waals surface area contributed by atoms with Crippen LogP contribution < -0.4 is 10.6 Å². The number of amides is 2. The standard InChI is InChI=1S/C20H22ClFN2O2/c1-20(2,19(26)24-13-15-7-3-4-9-17(15)22)18(25)23-11-10-14-6-5-8-16(21)12-14/h3-9,12H,10-11,13H2,1-2H3,(H,23,25)(H,24,26). The Bertz CT molecular complexity index is 793. The third-order valence-corrected chi connectivity index (χ3v) is 4.36. The van der Waals surface area contributed by atoms with Crippen molar-refractivity contribution in [2.75, 3.05) is 6.54 Å². The van der Waals surface area contributed by atoms with E-state index in [9.17, 15) is 14.0 Å². The van der Waals surface area contributed by atoms with Crippen LogP contribution in [0.3, 0.4) is 0 Å². The van der Waals surface area contributed by atoms with Gasteiger partial charge in [0.25, 0.3) is 0 Å². The van der Waals surface area contributed by atoms with E-state index in [2.05, 4.69) is 10.6 Å². The van der Waals surface area contributed by atoms with Gasteiger partial charge in [-0.3, -0.25) is 9.59 Å². The van der Waals surface area contributed by atoms with Crippen molar-refractivity contribution in [2.45, 2.75) is 26.8 Å². The predicted molar refractivity (Wildman–Crippen MR) is 100 cm³/mol. The molecule has 0 bridgehead atoms. The lowest BCUT2D eigenvalue weighted by Crippen LogP contribution is -2.48. The zero-order chi connectivity index (χ0) is 19.2. The number of carbonyl (C=O) groups excluding carboxylic acids is 2. The molecule has 0 aliphatic heterocycles. The van der Waals surface area contributed by atoms with Crippen LogP contribution >= 0.6 is 11.6 Å². The molecule has 0 atom stereocenters. The molecule has 0 saturated carbocycles. The van der Waals surface area contributed by atoms with Crippen LogP contribution in [0.15, 0.2) is 48.5 Å². The normalized spacial score (nSPS) is 11.1. The highest BCUT2D eigenvalue weighted by molar-refractivity contribution is 6.30. The second-order valence-corrected chi connectivity index (χ2v) is 6.97. The molecule has 2 aromatic carbocycles. The van der Waals surface area contributed by atoms with Gasteiger partial charge in [-0.25, -0.2) is 4.39 Å². The van der Waals surface area contributed by atoms with E-state index in [1.165, 1.54) is 6.07 Å². The van der Waals surface area contributed by atoms with E-state index in [0.29, 0.717) is 23.6 Å². The number of hydrogen-bond acceptors (Lipinski definition) is 2. The smallest absolute Gasteiger partial charge is 0.235 e. The van der Waals surface area contributed by atoms with Gasteiger partial charge in [0.1, 0.15) is 11.2 Å². The average molecular weight is 377 g/mol. The molecule has 0 heterocycles. The van der Waals surface area contributed by atoms with Crippen molar-refractivity contribution in [2.24, 2.45) is 5.41 Å². The summed E-state index contributed by atoms with van der Waals surface area (Å²) in [5.41, 5.74) is 0.109. The van der Waals surface area contributed by atoms with Crippen LogP contribution in [0.25, 0.3) is 0 Å². The maximum Gasteiger partial charge on any atom is 0.235 e. The number of carbonyl (C=O) groups is 2. The first-order chi connectivity index (χ1) is 12.3. The van der Waals surface area contributed by atoms with Crippen LogP contribution in [0, 0.1) is 11.2 Å². The molecule has 0 spiro atoms. The molecule has 0 aromatic heterocycles. The molecule has 0 saturated heterocycles. The number of halogens is 2. The van der Waals surface area contributed by atoms with Crippen LogP contribution in [0.1, 0.15) is 25.0 Å². The van der Waals surface area contributed by atoms with Gasteiger partial charge in [0.2, 0.25) is 11.8 Å². The van der Waals surface area contributed by atoms with E-state index in [4.69, 9.17) is 11.6 Å². The fourth-order valence-corrected chi connectivity index (χ4v) is 2.59. The molecule has 2 aromatic rings. The second kappa shape index (κ2) is 8.81. The maximum atomic E-state index is 13.6. The van der Waals surface area contributed by atoms with E-state index >= 15 is 0 Å². The van der Waals surface area contributed by atoms with E-state index in [1.54, 1.807) is 38.1 Å². The lowest BCUT2D eigenvalue weighted by atomic mass is 9.91. The van der Waals surface area contributed by atoms with Crippen LogP contribution in [0.2, 0.25) is 5.02 Å². The molecular weight excluding hydrogens is 355 g/mol. The molecule has 0 aliphatic rings. The van der Waals surface area contributed by atoms with Crippen molar-refractivity contribution in [3.05, 3.63) is 70.5 Å². The summed E-state index contributed by atoms with van der Waals surface area (Å²) in [5, 5.41) is 6.02. The first kappa shape index (κ1) is 19.9. The highest BCUT2D eigenvalue weighted by Crippen LogP contribution is 2.17. The minimum absolute atomic E-state index is 0.0325. The van der Waals surface area contributed by atoms with Gasteiger partial charge in [0, 0.05) is 23.7 Å². The zero-order valence-electron chi connectivity index (χ0n) is 14.8. The molecule has 0 fully saturated rings. The third-order valence-electron chi connectivity index (χ3n) is 4.12. The van der Waals surface area contributed by atoms with Gasteiger partial charge in [-0.1, -0.05) is 41.9 Å². The van der Waals surface area contributed by atoms with Crippen LogP contribution in [-0.2, 0) is 22.6 Å². The van der Waals surface area contributed by atoms with Crippen LogP contribution in [0.5, 0.6) is 0 Å². The monoisotopic (exact) mass is 376 g/mol. The number of benzene rings is 2. The predicted octanol–water partition coefficient (Wildman–Crippen LogP) is 3.48. The lowest BCUT2D eigenvalue weighted by molar-refractivity contribution is -0.141. The number of hydrogen-bond donors (Lipinski definition) is 2.